The number of rotatable bonds is 12. The fourth-order valence-electron chi connectivity index (χ4n) is 3.43. The van der Waals surface area contributed by atoms with Crippen LogP contribution in [-0.4, -0.2) is 61.2 Å². The standard InChI is InChI=1S/C22H38N6.HI/c1-19-26-20-13-8-9-14-21(20)28(19)18-12-16-25-22(23-2)24-15-10-6-5-7-11-17-27(3)4;/h8-9,13-14H,5-7,10-12,15-18H2,1-4H3,(H2,23,24,25);1H. The largest absolute Gasteiger partial charge is 0.356 e. The Hall–Kier alpha value is -1.35. The number of fused-ring (bicyclic) bond motifs is 1. The fraction of sp³-hybridized carbons (Fsp3) is 0.636. The first-order valence-corrected chi connectivity index (χ1v) is 10.6. The van der Waals surface area contributed by atoms with Crippen LogP contribution in [0.2, 0.25) is 0 Å². The zero-order chi connectivity index (χ0) is 20.2. The molecule has 0 fully saturated rings. The van der Waals surface area contributed by atoms with Gasteiger partial charge in [0.1, 0.15) is 5.82 Å². The molecule has 0 aliphatic rings. The second-order valence-electron chi connectivity index (χ2n) is 7.65. The van der Waals surface area contributed by atoms with Gasteiger partial charge in [0, 0.05) is 26.7 Å². The summed E-state index contributed by atoms with van der Waals surface area (Å²) in [6.07, 6.45) is 7.46. The smallest absolute Gasteiger partial charge is 0.190 e. The number of nitrogens with one attached hydrogen (secondary N) is 2. The zero-order valence-corrected chi connectivity index (χ0v) is 20.9. The van der Waals surface area contributed by atoms with E-state index in [2.05, 4.69) is 69.3 Å². The molecule has 29 heavy (non-hydrogen) atoms. The van der Waals surface area contributed by atoms with Crippen molar-refractivity contribution in [2.45, 2.75) is 52.0 Å². The average molecular weight is 515 g/mol. The number of aryl methyl sites for hydroxylation is 2. The summed E-state index contributed by atoms with van der Waals surface area (Å²) in [7, 11) is 6.12. The van der Waals surface area contributed by atoms with E-state index < -0.39 is 0 Å². The molecule has 0 unspecified atom stereocenters. The molecule has 0 radical (unpaired) electrons. The predicted octanol–water partition coefficient (Wildman–Crippen LogP) is 4.03. The van der Waals surface area contributed by atoms with Crippen LogP contribution in [0.3, 0.4) is 0 Å². The molecule has 0 saturated carbocycles. The van der Waals surface area contributed by atoms with Crippen molar-refractivity contribution in [3.8, 4) is 0 Å². The van der Waals surface area contributed by atoms with Gasteiger partial charge in [-0.25, -0.2) is 4.98 Å². The van der Waals surface area contributed by atoms with E-state index in [9.17, 15) is 0 Å². The Morgan fingerprint density at radius 2 is 1.66 bits per heavy atom. The van der Waals surface area contributed by atoms with Crippen LogP contribution in [0.25, 0.3) is 11.0 Å². The van der Waals surface area contributed by atoms with Crippen molar-refractivity contribution in [3.63, 3.8) is 0 Å². The summed E-state index contributed by atoms with van der Waals surface area (Å²) in [5.74, 6) is 1.98. The SMILES string of the molecule is CN=C(NCCCCCCCN(C)C)NCCCn1c(C)nc2ccccc21.I. The molecule has 7 heteroatoms. The molecule has 2 rings (SSSR count). The van der Waals surface area contributed by atoms with E-state index in [0.717, 1.165) is 43.4 Å². The van der Waals surface area contributed by atoms with Crippen LogP contribution in [-0.2, 0) is 6.54 Å². The molecule has 0 aliphatic heterocycles. The van der Waals surface area contributed by atoms with Gasteiger partial charge in [-0.1, -0.05) is 31.4 Å². The number of para-hydroxylation sites is 2. The molecule has 1 aromatic carbocycles. The molecular weight excluding hydrogens is 475 g/mol. The van der Waals surface area contributed by atoms with Crippen molar-refractivity contribution >= 4 is 41.0 Å². The number of imidazole rings is 1. The lowest BCUT2D eigenvalue weighted by atomic mass is 10.1. The third kappa shape index (κ3) is 9.33. The van der Waals surface area contributed by atoms with Gasteiger partial charge in [0.25, 0.3) is 0 Å². The normalized spacial score (nSPS) is 11.7. The minimum atomic E-state index is 0. The number of aliphatic imine (C=N–C) groups is 1. The molecule has 0 spiro atoms. The molecule has 0 aliphatic carbocycles. The summed E-state index contributed by atoms with van der Waals surface area (Å²) in [6.45, 7) is 6.12. The van der Waals surface area contributed by atoms with E-state index in [1.54, 1.807) is 0 Å². The minimum absolute atomic E-state index is 0. The van der Waals surface area contributed by atoms with Gasteiger partial charge in [-0.15, -0.1) is 24.0 Å². The number of nitrogens with zero attached hydrogens (tertiary/aromatic N) is 4. The zero-order valence-electron chi connectivity index (χ0n) is 18.6. The number of hydrogen-bond donors (Lipinski definition) is 2. The first-order chi connectivity index (χ1) is 13.6. The summed E-state index contributed by atoms with van der Waals surface area (Å²) in [5, 5.41) is 6.85. The number of guanidine groups is 1. The number of benzene rings is 1. The van der Waals surface area contributed by atoms with Crippen LogP contribution in [0.15, 0.2) is 29.3 Å². The van der Waals surface area contributed by atoms with E-state index in [4.69, 9.17) is 0 Å². The maximum atomic E-state index is 4.63. The highest BCUT2D eigenvalue weighted by Gasteiger charge is 2.06. The summed E-state index contributed by atoms with van der Waals surface area (Å²) >= 11 is 0. The molecule has 0 bridgehead atoms. The highest BCUT2D eigenvalue weighted by molar-refractivity contribution is 14.0. The maximum Gasteiger partial charge on any atom is 0.190 e. The van der Waals surface area contributed by atoms with E-state index in [1.165, 1.54) is 44.2 Å². The van der Waals surface area contributed by atoms with Crippen molar-refractivity contribution < 1.29 is 0 Å². The number of aromatic nitrogens is 2. The molecule has 0 amide bonds. The number of halogens is 1. The van der Waals surface area contributed by atoms with Gasteiger partial charge < -0.3 is 20.1 Å². The van der Waals surface area contributed by atoms with Gasteiger partial charge >= 0.3 is 0 Å². The Balaban J connectivity index is 0.00000420. The van der Waals surface area contributed by atoms with Crippen LogP contribution < -0.4 is 10.6 Å². The topological polar surface area (TPSA) is 57.5 Å². The average Bonchev–Trinajstić information content (AvgIpc) is 3.00. The Morgan fingerprint density at radius 1 is 1.00 bits per heavy atom. The Kier molecular flexibility index (Phi) is 12.9. The van der Waals surface area contributed by atoms with Crippen LogP contribution in [0.5, 0.6) is 0 Å². The Morgan fingerprint density at radius 3 is 2.38 bits per heavy atom. The maximum absolute atomic E-state index is 4.63. The summed E-state index contributed by atoms with van der Waals surface area (Å²) in [4.78, 5) is 11.2. The Labute approximate surface area is 193 Å². The van der Waals surface area contributed by atoms with E-state index in [1.807, 2.05) is 13.1 Å². The van der Waals surface area contributed by atoms with Gasteiger partial charge in [-0.2, -0.15) is 0 Å². The van der Waals surface area contributed by atoms with Gasteiger partial charge in [-0.05, 0) is 59.0 Å². The number of unbranched alkanes of at least 4 members (excludes halogenated alkanes) is 4. The fourth-order valence-corrected chi connectivity index (χ4v) is 3.43. The van der Waals surface area contributed by atoms with Crippen LogP contribution >= 0.6 is 24.0 Å². The highest BCUT2D eigenvalue weighted by atomic mass is 127. The minimum Gasteiger partial charge on any atom is -0.356 e. The van der Waals surface area contributed by atoms with Gasteiger partial charge in [0.05, 0.1) is 11.0 Å². The summed E-state index contributed by atoms with van der Waals surface area (Å²) in [6, 6.07) is 8.33. The van der Waals surface area contributed by atoms with Crippen molar-refractivity contribution in [3.05, 3.63) is 30.1 Å². The molecule has 164 valence electrons. The van der Waals surface area contributed by atoms with Crippen molar-refractivity contribution in [2.75, 3.05) is 40.8 Å². The molecule has 1 aromatic heterocycles. The summed E-state index contributed by atoms with van der Waals surface area (Å²) in [5.41, 5.74) is 2.29. The highest BCUT2D eigenvalue weighted by Crippen LogP contribution is 2.15. The molecular formula is C22H39IN6. The number of hydrogen-bond acceptors (Lipinski definition) is 3. The molecule has 2 aromatic rings. The monoisotopic (exact) mass is 514 g/mol. The molecule has 2 N–H and O–H groups in total. The van der Waals surface area contributed by atoms with Crippen LogP contribution in [0.4, 0.5) is 0 Å². The second-order valence-corrected chi connectivity index (χ2v) is 7.65. The van der Waals surface area contributed by atoms with Gasteiger partial charge in [-0.3, -0.25) is 4.99 Å². The third-order valence-corrected chi connectivity index (χ3v) is 4.99. The van der Waals surface area contributed by atoms with Crippen LogP contribution in [0.1, 0.15) is 44.3 Å². The second kappa shape index (κ2) is 14.6. The molecule has 0 atom stereocenters. The lowest BCUT2D eigenvalue weighted by molar-refractivity contribution is 0.389. The lowest BCUT2D eigenvalue weighted by Crippen LogP contribution is -2.38. The Bertz CT molecular complexity index is 725. The lowest BCUT2D eigenvalue weighted by Gasteiger charge is -2.13. The van der Waals surface area contributed by atoms with Crippen molar-refractivity contribution in [1.82, 2.24) is 25.1 Å². The van der Waals surface area contributed by atoms with E-state index in [0.29, 0.717) is 0 Å². The van der Waals surface area contributed by atoms with Gasteiger partial charge in [0.15, 0.2) is 5.96 Å². The first-order valence-electron chi connectivity index (χ1n) is 10.6. The predicted molar refractivity (Wildman–Crippen MR) is 136 cm³/mol. The van der Waals surface area contributed by atoms with E-state index in [-0.39, 0.29) is 24.0 Å². The third-order valence-electron chi connectivity index (χ3n) is 4.99. The quantitative estimate of drug-likeness (QED) is 0.194. The van der Waals surface area contributed by atoms with E-state index >= 15 is 0 Å². The summed E-state index contributed by atoms with van der Waals surface area (Å²) < 4.78 is 2.30. The van der Waals surface area contributed by atoms with Crippen LogP contribution in [0, 0.1) is 6.92 Å². The first kappa shape index (κ1) is 25.7. The van der Waals surface area contributed by atoms with Gasteiger partial charge in [0.2, 0.25) is 0 Å². The van der Waals surface area contributed by atoms with Crippen molar-refractivity contribution in [2.24, 2.45) is 4.99 Å². The molecule has 6 nitrogen and oxygen atoms in total. The molecule has 1 heterocycles. The van der Waals surface area contributed by atoms with Crippen molar-refractivity contribution in [1.29, 1.82) is 0 Å². The molecule has 0 saturated heterocycles.